The number of ether oxygens (including phenoxy) is 2. The maximum Gasteiger partial charge on any atom is 0.275 e. The zero-order valence-corrected chi connectivity index (χ0v) is 15.5. The zero-order chi connectivity index (χ0) is 19.5. The standard InChI is InChI=1S/C20H19N5O3/c1-25(2)15-6-3-13(4-7-15)24-20(26)16-10-22-19(11-21-16)23-14-5-8-17-18(9-14)28-12-27-17/h3-11H,12H2,1-2H3,(H,22,23)(H,24,26). The maximum absolute atomic E-state index is 12.4. The van der Waals surface area contributed by atoms with Crippen molar-refractivity contribution in [2.45, 2.75) is 0 Å². The van der Waals surface area contributed by atoms with Gasteiger partial charge in [0.2, 0.25) is 6.79 Å². The number of hydrogen-bond donors (Lipinski definition) is 2. The van der Waals surface area contributed by atoms with E-state index < -0.39 is 0 Å². The Labute approximate surface area is 162 Å². The van der Waals surface area contributed by atoms with Gasteiger partial charge in [0, 0.05) is 37.2 Å². The molecule has 4 rings (SSSR count). The minimum atomic E-state index is -0.320. The molecular formula is C20H19N5O3. The Morgan fingerprint density at radius 3 is 2.43 bits per heavy atom. The number of nitrogens with zero attached hydrogens (tertiary/aromatic N) is 3. The van der Waals surface area contributed by atoms with E-state index in [4.69, 9.17) is 9.47 Å². The largest absolute Gasteiger partial charge is 0.454 e. The quantitative estimate of drug-likeness (QED) is 0.705. The van der Waals surface area contributed by atoms with Crippen molar-refractivity contribution in [3.8, 4) is 11.5 Å². The van der Waals surface area contributed by atoms with Gasteiger partial charge in [0.1, 0.15) is 11.5 Å². The number of benzene rings is 2. The summed E-state index contributed by atoms with van der Waals surface area (Å²) in [5, 5.41) is 5.93. The van der Waals surface area contributed by atoms with Crippen LogP contribution in [0.15, 0.2) is 54.9 Å². The van der Waals surface area contributed by atoms with Gasteiger partial charge >= 0.3 is 0 Å². The molecule has 0 fully saturated rings. The normalized spacial score (nSPS) is 11.8. The number of hydrogen-bond acceptors (Lipinski definition) is 7. The van der Waals surface area contributed by atoms with Gasteiger partial charge in [-0.25, -0.2) is 9.97 Å². The lowest BCUT2D eigenvalue weighted by Gasteiger charge is -2.13. The summed E-state index contributed by atoms with van der Waals surface area (Å²) in [6, 6.07) is 13.0. The highest BCUT2D eigenvalue weighted by atomic mass is 16.7. The first-order chi connectivity index (χ1) is 13.6. The van der Waals surface area contributed by atoms with Crippen LogP contribution in [0.5, 0.6) is 11.5 Å². The summed E-state index contributed by atoms with van der Waals surface area (Å²) in [4.78, 5) is 22.8. The highest BCUT2D eigenvalue weighted by molar-refractivity contribution is 6.02. The van der Waals surface area contributed by atoms with E-state index >= 15 is 0 Å². The van der Waals surface area contributed by atoms with Crippen molar-refractivity contribution in [2.24, 2.45) is 0 Å². The van der Waals surface area contributed by atoms with Crippen LogP contribution >= 0.6 is 0 Å². The van der Waals surface area contributed by atoms with Gasteiger partial charge in [-0.2, -0.15) is 0 Å². The van der Waals surface area contributed by atoms with Gasteiger partial charge in [-0.05, 0) is 36.4 Å². The molecule has 8 nitrogen and oxygen atoms in total. The Bertz CT molecular complexity index is 988. The van der Waals surface area contributed by atoms with Crippen LogP contribution in [-0.4, -0.2) is 36.8 Å². The summed E-state index contributed by atoms with van der Waals surface area (Å²) in [5.41, 5.74) is 2.77. The van der Waals surface area contributed by atoms with Gasteiger partial charge in [-0.3, -0.25) is 4.79 Å². The molecule has 0 saturated carbocycles. The van der Waals surface area contributed by atoms with E-state index in [1.165, 1.54) is 12.4 Å². The van der Waals surface area contributed by atoms with E-state index in [0.717, 1.165) is 11.4 Å². The Balaban J connectivity index is 1.40. The van der Waals surface area contributed by atoms with Crippen molar-refractivity contribution >= 4 is 28.8 Å². The average Bonchev–Trinajstić information content (AvgIpc) is 3.17. The van der Waals surface area contributed by atoms with Crippen LogP contribution in [-0.2, 0) is 0 Å². The molecule has 0 aliphatic carbocycles. The predicted octanol–water partition coefficient (Wildman–Crippen LogP) is 3.27. The van der Waals surface area contributed by atoms with Gasteiger partial charge in [0.05, 0.1) is 12.4 Å². The van der Waals surface area contributed by atoms with Crippen molar-refractivity contribution in [3.63, 3.8) is 0 Å². The van der Waals surface area contributed by atoms with Crippen LogP contribution < -0.4 is 25.0 Å². The number of nitrogens with one attached hydrogen (secondary N) is 2. The molecular weight excluding hydrogens is 358 g/mol. The molecule has 0 spiro atoms. The van der Waals surface area contributed by atoms with E-state index in [2.05, 4.69) is 20.6 Å². The monoisotopic (exact) mass is 377 g/mol. The van der Waals surface area contributed by atoms with Crippen LogP contribution in [0.1, 0.15) is 10.5 Å². The Hall–Kier alpha value is -3.81. The molecule has 0 unspecified atom stereocenters. The summed E-state index contributed by atoms with van der Waals surface area (Å²) in [7, 11) is 3.92. The molecule has 0 atom stereocenters. The van der Waals surface area contributed by atoms with E-state index in [-0.39, 0.29) is 18.4 Å². The number of fused-ring (bicyclic) bond motifs is 1. The SMILES string of the molecule is CN(C)c1ccc(NC(=O)c2cnc(Nc3ccc4c(c3)OCO4)cn2)cc1. The molecule has 28 heavy (non-hydrogen) atoms. The molecule has 1 aliphatic heterocycles. The van der Waals surface area contributed by atoms with Gasteiger partial charge in [0.15, 0.2) is 11.5 Å². The molecule has 0 radical (unpaired) electrons. The third-order valence-electron chi connectivity index (χ3n) is 4.17. The lowest BCUT2D eigenvalue weighted by atomic mass is 10.2. The second-order valence-corrected chi connectivity index (χ2v) is 6.38. The van der Waals surface area contributed by atoms with E-state index in [9.17, 15) is 4.79 Å². The average molecular weight is 377 g/mol. The van der Waals surface area contributed by atoms with Crippen LogP contribution in [0.4, 0.5) is 22.9 Å². The minimum absolute atomic E-state index is 0.222. The molecule has 1 aliphatic rings. The molecule has 0 bridgehead atoms. The first-order valence-electron chi connectivity index (χ1n) is 8.66. The number of aromatic nitrogens is 2. The molecule has 1 aromatic heterocycles. The van der Waals surface area contributed by atoms with Crippen molar-refractivity contribution in [1.82, 2.24) is 9.97 Å². The van der Waals surface area contributed by atoms with Gasteiger partial charge < -0.3 is 25.0 Å². The summed E-state index contributed by atoms with van der Waals surface area (Å²) in [6.45, 7) is 0.222. The predicted molar refractivity (Wildman–Crippen MR) is 107 cm³/mol. The van der Waals surface area contributed by atoms with Crippen molar-refractivity contribution in [3.05, 3.63) is 60.6 Å². The number of anilines is 4. The van der Waals surface area contributed by atoms with Crippen LogP contribution in [0.25, 0.3) is 0 Å². The van der Waals surface area contributed by atoms with Gasteiger partial charge in [-0.15, -0.1) is 0 Å². The second-order valence-electron chi connectivity index (χ2n) is 6.38. The summed E-state index contributed by atoms with van der Waals surface area (Å²) >= 11 is 0. The highest BCUT2D eigenvalue weighted by Gasteiger charge is 2.14. The maximum atomic E-state index is 12.4. The Morgan fingerprint density at radius 1 is 0.964 bits per heavy atom. The van der Waals surface area contributed by atoms with E-state index in [1.807, 2.05) is 61.5 Å². The molecule has 2 N–H and O–H groups in total. The first kappa shape index (κ1) is 17.6. The molecule has 1 amide bonds. The van der Waals surface area contributed by atoms with Crippen LogP contribution in [0.3, 0.4) is 0 Å². The van der Waals surface area contributed by atoms with E-state index in [1.54, 1.807) is 0 Å². The first-order valence-corrected chi connectivity index (χ1v) is 8.66. The minimum Gasteiger partial charge on any atom is -0.454 e. The molecule has 0 saturated heterocycles. The third kappa shape index (κ3) is 3.80. The molecule has 142 valence electrons. The summed E-state index contributed by atoms with van der Waals surface area (Å²) in [6.07, 6.45) is 2.94. The molecule has 3 aromatic rings. The van der Waals surface area contributed by atoms with Crippen molar-refractivity contribution in [1.29, 1.82) is 0 Å². The fourth-order valence-electron chi connectivity index (χ4n) is 2.67. The van der Waals surface area contributed by atoms with Crippen LogP contribution in [0, 0.1) is 0 Å². The number of amides is 1. The molecule has 2 heterocycles. The highest BCUT2D eigenvalue weighted by Crippen LogP contribution is 2.34. The smallest absolute Gasteiger partial charge is 0.275 e. The fraction of sp³-hybridized carbons (Fsp3) is 0.150. The lowest BCUT2D eigenvalue weighted by molar-refractivity contribution is 0.102. The van der Waals surface area contributed by atoms with Gasteiger partial charge in [-0.1, -0.05) is 0 Å². The topological polar surface area (TPSA) is 88.6 Å². The third-order valence-corrected chi connectivity index (χ3v) is 4.17. The van der Waals surface area contributed by atoms with Crippen molar-refractivity contribution < 1.29 is 14.3 Å². The number of rotatable bonds is 5. The Kier molecular flexibility index (Phi) is 4.67. The Morgan fingerprint density at radius 2 is 1.71 bits per heavy atom. The number of carbonyl (C=O) groups is 1. The number of carbonyl (C=O) groups excluding carboxylic acids is 1. The lowest BCUT2D eigenvalue weighted by Crippen LogP contribution is -2.14. The summed E-state index contributed by atoms with van der Waals surface area (Å²) in [5.74, 6) is 1.59. The summed E-state index contributed by atoms with van der Waals surface area (Å²) < 4.78 is 10.6. The van der Waals surface area contributed by atoms with Crippen molar-refractivity contribution in [2.75, 3.05) is 36.4 Å². The van der Waals surface area contributed by atoms with Gasteiger partial charge in [0.25, 0.3) is 5.91 Å². The molecule has 2 aromatic carbocycles. The molecule has 8 heteroatoms. The van der Waals surface area contributed by atoms with E-state index in [0.29, 0.717) is 23.0 Å². The zero-order valence-electron chi connectivity index (χ0n) is 15.5. The van der Waals surface area contributed by atoms with Crippen LogP contribution in [0.2, 0.25) is 0 Å². The fourth-order valence-corrected chi connectivity index (χ4v) is 2.67. The second kappa shape index (κ2) is 7.43.